The Morgan fingerprint density at radius 2 is 2.00 bits per heavy atom. The van der Waals surface area contributed by atoms with Gasteiger partial charge in [-0.1, -0.05) is 29.4 Å². The molecule has 1 heterocycles. The summed E-state index contributed by atoms with van der Waals surface area (Å²) in [6.07, 6.45) is 2.62. The topological polar surface area (TPSA) is 50.2 Å². The van der Waals surface area contributed by atoms with Crippen molar-refractivity contribution in [3.63, 3.8) is 0 Å². The molecular weight excluding hydrogens is 462 g/mol. The molecule has 2 aromatic rings. The number of aromatic nitrogens is 1. The van der Waals surface area contributed by atoms with Gasteiger partial charge in [-0.05, 0) is 44.9 Å². The van der Waals surface area contributed by atoms with Gasteiger partial charge in [-0.25, -0.2) is 9.37 Å². The summed E-state index contributed by atoms with van der Waals surface area (Å²) in [7, 11) is 0. The van der Waals surface area contributed by atoms with Gasteiger partial charge in [0.05, 0.1) is 11.3 Å². The summed E-state index contributed by atoms with van der Waals surface area (Å²) in [6, 6.07) is 2.86. The molecule has 0 unspecified atom stereocenters. The van der Waals surface area contributed by atoms with Crippen LogP contribution < -0.4 is 0 Å². The van der Waals surface area contributed by atoms with Crippen molar-refractivity contribution in [3.05, 3.63) is 74.4 Å². The number of alkyl halides is 3. The summed E-state index contributed by atoms with van der Waals surface area (Å²) in [5.41, 5.74) is 1.95. The third kappa shape index (κ3) is 6.10. The maximum atomic E-state index is 13.9. The zero-order valence-corrected chi connectivity index (χ0v) is 19.1. The van der Waals surface area contributed by atoms with Crippen LogP contribution in [0.1, 0.15) is 42.3 Å². The number of carboxylic acid groups (broad SMARTS) is 1. The number of hydrogen-bond acceptors (Lipinski definition) is 4. The summed E-state index contributed by atoms with van der Waals surface area (Å²) in [5, 5.41) is 9.38. The molecule has 0 spiro atoms. The Morgan fingerprint density at radius 1 is 1.25 bits per heavy atom. The highest BCUT2D eigenvalue weighted by Gasteiger charge is 2.34. The number of allylic oxidation sites excluding steroid dienone is 5. The number of rotatable bonds is 7. The van der Waals surface area contributed by atoms with Crippen molar-refractivity contribution in [1.82, 2.24) is 4.98 Å². The number of nitrogens with zero attached hydrogens (tertiary/aromatic N) is 1. The number of carboxylic acids is 1. The lowest BCUT2D eigenvalue weighted by atomic mass is 10.0. The highest BCUT2D eigenvalue weighted by molar-refractivity contribution is 8.02. The SMILES string of the molecule is CC1=C(CCC(=O)O)CC=C(SCc2sc(-c3ccc(C(F)(F)F)c(F)c3)nc2C)C=C1. The maximum Gasteiger partial charge on any atom is 0.419 e. The number of hydrogen-bond donors (Lipinski definition) is 1. The average Bonchev–Trinajstić information content (AvgIpc) is 2.98. The number of thiazole rings is 1. The van der Waals surface area contributed by atoms with E-state index in [0.717, 1.165) is 38.8 Å². The molecule has 3 rings (SSSR count). The van der Waals surface area contributed by atoms with E-state index >= 15 is 0 Å². The van der Waals surface area contributed by atoms with Gasteiger partial charge < -0.3 is 5.11 Å². The van der Waals surface area contributed by atoms with Gasteiger partial charge in [-0.15, -0.1) is 23.1 Å². The first-order valence-corrected chi connectivity index (χ1v) is 11.6. The fourth-order valence-electron chi connectivity index (χ4n) is 3.15. The second kappa shape index (κ2) is 10.0. The molecular formula is C23H21F4NO2S2. The molecule has 0 fully saturated rings. The number of carbonyl (C=O) groups is 1. The Labute approximate surface area is 191 Å². The Morgan fingerprint density at radius 3 is 2.66 bits per heavy atom. The minimum Gasteiger partial charge on any atom is -0.481 e. The molecule has 0 saturated carbocycles. The van der Waals surface area contributed by atoms with Crippen LogP contribution in [0.25, 0.3) is 10.6 Å². The van der Waals surface area contributed by atoms with Gasteiger partial charge in [0.15, 0.2) is 0 Å². The van der Waals surface area contributed by atoms with Crippen LogP contribution in [-0.4, -0.2) is 16.1 Å². The van der Waals surface area contributed by atoms with Gasteiger partial charge in [-0.2, -0.15) is 13.2 Å². The summed E-state index contributed by atoms with van der Waals surface area (Å²) in [4.78, 5) is 17.3. The van der Waals surface area contributed by atoms with Crippen LogP contribution >= 0.6 is 23.1 Å². The van der Waals surface area contributed by atoms with Crippen LogP contribution in [0.2, 0.25) is 0 Å². The fraction of sp³-hybridized carbons (Fsp3) is 0.304. The lowest BCUT2D eigenvalue weighted by Gasteiger charge is -2.08. The Hall–Kier alpha value is -2.39. The molecule has 9 heteroatoms. The molecule has 1 aliphatic rings. The van der Waals surface area contributed by atoms with Gasteiger partial charge in [0.1, 0.15) is 10.8 Å². The van der Waals surface area contributed by atoms with E-state index in [1.54, 1.807) is 11.8 Å². The predicted molar refractivity (Wildman–Crippen MR) is 120 cm³/mol. The molecule has 3 nitrogen and oxygen atoms in total. The fourth-order valence-corrected chi connectivity index (χ4v) is 5.29. The maximum absolute atomic E-state index is 13.9. The van der Waals surface area contributed by atoms with Crippen molar-refractivity contribution in [2.24, 2.45) is 0 Å². The number of aryl methyl sites for hydroxylation is 1. The summed E-state index contributed by atoms with van der Waals surface area (Å²) >= 11 is 2.94. The molecule has 1 N–H and O–H groups in total. The number of thioether (sulfide) groups is 1. The van der Waals surface area contributed by atoms with Crippen LogP contribution in [0.3, 0.4) is 0 Å². The highest BCUT2D eigenvalue weighted by atomic mass is 32.2. The van der Waals surface area contributed by atoms with Crippen molar-refractivity contribution in [2.45, 2.75) is 45.0 Å². The molecule has 0 aliphatic heterocycles. The first kappa shape index (κ1) is 24.3. The van der Waals surface area contributed by atoms with E-state index in [1.165, 1.54) is 17.4 Å². The highest BCUT2D eigenvalue weighted by Crippen LogP contribution is 2.37. The van der Waals surface area contributed by atoms with Crippen molar-refractivity contribution in [2.75, 3.05) is 0 Å². The molecule has 1 aliphatic carbocycles. The Bertz CT molecular complexity index is 1110. The Kier molecular flexibility index (Phi) is 7.61. The minimum absolute atomic E-state index is 0.101. The van der Waals surface area contributed by atoms with Gasteiger partial charge in [0.2, 0.25) is 0 Å². The van der Waals surface area contributed by atoms with Crippen molar-refractivity contribution in [1.29, 1.82) is 0 Å². The number of halogens is 4. The number of benzene rings is 1. The summed E-state index contributed by atoms with van der Waals surface area (Å²) < 4.78 is 52.3. The zero-order valence-electron chi connectivity index (χ0n) is 17.4. The van der Waals surface area contributed by atoms with E-state index in [9.17, 15) is 22.4 Å². The zero-order chi connectivity index (χ0) is 23.5. The van der Waals surface area contributed by atoms with Crippen LogP contribution in [0.15, 0.2) is 52.5 Å². The van der Waals surface area contributed by atoms with E-state index in [4.69, 9.17) is 5.11 Å². The van der Waals surface area contributed by atoms with E-state index in [1.807, 2.05) is 26.0 Å². The van der Waals surface area contributed by atoms with Gasteiger partial charge >= 0.3 is 12.1 Å². The molecule has 1 aromatic heterocycles. The van der Waals surface area contributed by atoms with Gasteiger partial charge in [-0.3, -0.25) is 4.79 Å². The smallest absolute Gasteiger partial charge is 0.419 e. The van der Waals surface area contributed by atoms with E-state index < -0.39 is 23.5 Å². The van der Waals surface area contributed by atoms with Crippen LogP contribution in [-0.2, 0) is 16.7 Å². The number of aliphatic carboxylic acids is 1. The lowest BCUT2D eigenvalue weighted by molar-refractivity contribution is -0.140. The summed E-state index contributed by atoms with van der Waals surface area (Å²) in [6.45, 7) is 3.79. The second-order valence-corrected chi connectivity index (χ2v) is 9.47. The van der Waals surface area contributed by atoms with Gasteiger partial charge in [0, 0.05) is 27.5 Å². The average molecular weight is 484 g/mol. The standard InChI is InChI=1S/C23H21F4NO2S2/c1-13-3-7-17(8-4-15(13)6-10-21(29)30)31-12-20-14(2)28-22(32-20)16-5-9-18(19(24)11-16)23(25,26)27/h3,5,7-9,11H,4,6,10,12H2,1-2H3,(H,29,30). The molecule has 0 bridgehead atoms. The van der Waals surface area contributed by atoms with Crippen molar-refractivity contribution >= 4 is 29.1 Å². The van der Waals surface area contributed by atoms with E-state index in [2.05, 4.69) is 11.1 Å². The molecule has 1 aromatic carbocycles. The van der Waals surface area contributed by atoms with Crippen LogP contribution in [0.5, 0.6) is 0 Å². The normalized spacial score (nSPS) is 14.5. The largest absolute Gasteiger partial charge is 0.481 e. The van der Waals surface area contributed by atoms with E-state index in [0.29, 0.717) is 29.2 Å². The molecule has 0 atom stereocenters. The molecule has 0 saturated heterocycles. The first-order valence-electron chi connectivity index (χ1n) is 9.79. The molecule has 0 amide bonds. The second-order valence-electron chi connectivity index (χ2n) is 7.33. The van der Waals surface area contributed by atoms with Crippen molar-refractivity contribution < 1.29 is 27.5 Å². The molecule has 32 heavy (non-hydrogen) atoms. The Balaban J connectivity index is 1.69. The first-order chi connectivity index (χ1) is 15.0. The predicted octanol–water partition coefficient (Wildman–Crippen LogP) is 7.53. The third-order valence-corrected chi connectivity index (χ3v) is 7.49. The minimum atomic E-state index is -4.73. The third-order valence-electron chi connectivity index (χ3n) is 5.03. The lowest BCUT2D eigenvalue weighted by Crippen LogP contribution is -2.07. The summed E-state index contributed by atoms with van der Waals surface area (Å²) in [5.74, 6) is -1.51. The van der Waals surface area contributed by atoms with Gasteiger partial charge in [0.25, 0.3) is 0 Å². The molecule has 170 valence electrons. The van der Waals surface area contributed by atoms with Crippen molar-refractivity contribution in [3.8, 4) is 10.6 Å². The quantitative estimate of drug-likeness (QED) is 0.414. The van der Waals surface area contributed by atoms with Crippen LogP contribution in [0.4, 0.5) is 17.6 Å². The van der Waals surface area contributed by atoms with Crippen LogP contribution in [0, 0.1) is 12.7 Å². The molecule has 0 radical (unpaired) electrons. The monoisotopic (exact) mass is 483 g/mol. The van der Waals surface area contributed by atoms with E-state index in [-0.39, 0.29) is 6.42 Å².